The number of rotatable bonds is 8. The van der Waals surface area contributed by atoms with Crippen LogP contribution in [-0.4, -0.2) is 48.8 Å². The van der Waals surface area contributed by atoms with Gasteiger partial charge in [-0.1, -0.05) is 24.3 Å². The van der Waals surface area contributed by atoms with Crippen molar-refractivity contribution in [3.05, 3.63) is 57.3 Å². The number of ketones is 1. The number of likely N-dealkylation sites (tertiary alicyclic amines) is 1. The summed E-state index contributed by atoms with van der Waals surface area (Å²) in [6.45, 7) is 9.53. The number of hydrogen-bond acceptors (Lipinski definition) is 4. The Labute approximate surface area is 168 Å². The second-order valence-electron chi connectivity index (χ2n) is 8.06. The van der Waals surface area contributed by atoms with Crippen LogP contribution in [0.2, 0.25) is 0 Å². The molecular formula is C23H32N2OS. The van der Waals surface area contributed by atoms with Crippen molar-refractivity contribution in [1.29, 1.82) is 0 Å². The summed E-state index contributed by atoms with van der Waals surface area (Å²) < 4.78 is 0. The number of Topliss-reactive ketones (excluding diaryl/α,β-unsaturated/α-hetero) is 1. The number of nitrogens with zero attached hydrogens (tertiary/aromatic N) is 2. The average molecular weight is 385 g/mol. The fourth-order valence-corrected chi connectivity index (χ4v) is 4.94. The normalized spacial score (nSPS) is 18.1. The summed E-state index contributed by atoms with van der Waals surface area (Å²) in [4.78, 5) is 17.4. The number of carbonyl (C=O) groups excluding carboxylic acids is 1. The molecule has 27 heavy (non-hydrogen) atoms. The Balaban J connectivity index is 1.46. The lowest BCUT2D eigenvalue weighted by Gasteiger charge is -2.34. The van der Waals surface area contributed by atoms with Gasteiger partial charge in [0.05, 0.1) is 4.88 Å². The largest absolute Gasteiger partial charge is 0.303 e. The first-order valence-electron chi connectivity index (χ1n) is 10.0. The fourth-order valence-electron chi connectivity index (χ4n) is 4.13. The van der Waals surface area contributed by atoms with E-state index in [4.69, 9.17) is 0 Å². The van der Waals surface area contributed by atoms with E-state index in [1.54, 1.807) is 18.3 Å². The predicted molar refractivity (Wildman–Crippen MR) is 115 cm³/mol. The summed E-state index contributed by atoms with van der Waals surface area (Å²) >= 11 is 1.57. The molecule has 0 bridgehead atoms. The maximum absolute atomic E-state index is 11.5. The maximum Gasteiger partial charge on any atom is 0.169 e. The van der Waals surface area contributed by atoms with E-state index >= 15 is 0 Å². The lowest BCUT2D eigenvalue weighted by Crippen LogP contribution is -2.40. The first kappa shape index (κ1) is 20.2. The highest BCUT2D eigenvalue weighted by Gasteiger charge is 2.21. The lowest BCUT2D eigenvalue weighted by atomic mass is 9.96. The number of hydrogen-bond donors (Lipinski definition) is 0. The van der Waals surface area contributed by atoms with Crippen LogP contribution in [0.5, 0.6) is 0 Å². The van der Waals surface area contributed by atoms with Gasteiger partial charge in [0.2, 0.25) is 0 Å². The summed E-state index contributed by atoms with van der Waals surface area (Å²) in [6.07, 6.45) is 3.78. The molecule has 2 aromatic rings. The molecule has 2 heterocycles. The van der Waals surface area contributed by atoms with Gasteiger partial charge in [-0.2, -0.15) is 0 Å². The minimum absolute atomic E-state index is 0.172. The smallest absolute Gasteiger partial charge is 0.169 e. The molecule has 0 spiro atoms. The molecule has 0 saturated carbocycles. The molecule has 1 aromatic carbocycles. The minimum atomic E-state index is 0.172. The van der Waals surface area contributed by atoms with Gasteiger partial charge in [0.1, 0.15) is 0 Å². The molecule has 1 atom stereocenters. The van der Waals surface area contributed by atoms with Gasteiger partial charge in [0.25, 0.3) is 0 Å². The quantitative estimate of drug-likeness (QED) is 0.619. The van der Waals surface area contributed by atoms with Crippen LogP contribution in [0.25, 0.3) is 0 Å². The zero-order valence-electron chi connectivity index (χ0n) is 16.9. The second-order valence-corrected chi connectivity index (χ2v) is 8.97. The Kier molecular flexibility index (Phi) is 7.22. The van der Waals surface area contributed by atoms with Crippen molar-refractivity contribution >= 4 is 17.1 Å². The van der Waals surface area contributed by atoms with Crippen LogP contribution in [-0.2, 0) is 13.0 Å². The number of carbonyl (C=O) groups is 1. The molecular weight excluding hydrogens is 352 g/mol. The van der Waals surface area contributed by atoms with Gasteiger partial charge < -0.3 is 9.80 Å². The van der Waals surface area contributed by atoms with Crippen LogP contribution < -0.4 is 0 Å². The Morgan fingerprint density at radius 3 is 2.89 bits per heavy atom. The third-order valence-corrected chi connectivity index (χ3v) is 6.66. The monoisotopic (exact) mass is 384 g/mol. The molecule has 4 heteroatoms. The fraction of sp³-hybridized carbons (Fsp3) is 0.522. The summed E-state index contributed by atoms with van der Waals surface area (Å²) in [5.41, 5.74) is 4.15. The molecule has 1 aromatic heterocycles. The van der Waals surface area contributed by atoms with E-state index in [9.17, 15) is 4.79 Å². The zero-order chi connectivity index (χ0) is 19.2. The second kappa shape index (κ2) is 9.63. The predicted octanol–water partition coefficient (Wildman–Crippen LogP) is 4.65. The minimum Gasteiger partial charge on any atom is -0.303 e. The van der Waals surface area contributed by atoms with E-state index in [1.165, 1.54) is 42.6 Å². The first-order chi connectivity index (χ1) is 13.0. The lowest BCUT2D eigenvalue weighted by molar-refractivity contribution is 0.102. The SMILES string of the molecule is CC(=O)c1cc(CN(C)C[C@@H]2CCCN(CCc3ccccc3C)C2)cs1. The molecule has 1 fully saturated rings. The Bertz CT molecular complexity index is 754. The highest BCUT2D eigenvalue weighted by atomic mass is 32.1. The van der Waals surface area contributed by atoms with Gasteiger partial charge in [-0.15, -0.1) is 11.3 Å². The van der Waals surface area contributed by atoms with Gasteiger partial charge >= 0.3 is 0 Å². The van der Waals surface area contributed by atoms with Gasteiger partial charge in [0.15, 0.2) is 5.78 Å². The topological polar surface area (TPSA) is 23.6 Å². The summed E-state index contributed by atoms with van der Waals surface area (Å²) in [5.74, 6) is 0.914. The zero-order valence-corrected chi connectivity index (χ0v) is 17.7. The molecule has 0 amide bonds. The molecule has 0 radical (unpaired) electrons. The standard InChI is InChI=1S/C23H32N2OS/c1-18-7-4-5-9-22(18)10-12-25-11-6-8-20(16-25)14-24(3)15-21-13-23(19(2)26)27-17-21/h4-5,7,9,13,17,20H,6,8,10-12,14-16H2,1-3H3/t20-/m0/s1. The summed E-state index contributed by atoms with van der Waals surface area (Å²) in [5, 5.41) is 2.13. The highest BCUT2D eigenvalue weighted by molar-refractivity contribution is 7.12. The first-order valence-corrected chi connectivity index (χ1v) is 10.9. The number of aryl methyl sites for hydroxylation is 1. The van der Waals surface area contributed by atoms with E-state index in [1.807, 2.05) is 0 Å². The van der Waals surface area contributed by atoms with E-state index in [-0.39, 0.29) is 5.78 Å². The molecule has 1 aliphatic heterocycles. The van der Waals surface area contributed by atoms with Crippen molar-refractivity contribution in [3.8, 4) is 0 Å². The number of piperidine rings is 1. The van der Waals surface area contributed by atoms with Crippen LogP contribution in [0, 0.1) is 12.8 Å². The van der Waals surface area contributed by atoms with E-state index in [0.29, 0.717) is 0 Å². The van der Waals surface area contributed by atoms with Gasteiger partial charge in [0, 0.05) is 26.2 Å². The van der Waals surface area contributed by atoms with E-state index in [0.717, 1.165) is 36.9 Å². The van der Waals surface area contributed by atoms with Crippen LogP contribution in [0.15, 0.2) is 35.7 Å². The van der Waals surface area contributed by atoms with Crippen molar-refractivity contribution < 1.29 is 4.79 Å². The van der Waals surface area contributed by atoms with Crippen LogP contribution in [0.3, 0.4) is 0 Å². The van der Waals surface area contributed by atoms with Crippen molar-refractivity contribution in [1.82, 2.24) is 9.80 Å². The molecule has 0 unspecified atom stereocenters. The third kappa shape index (κ3) is 6.00. The van der Waals surface area contributed by atoms with Crippen molar-refractivity contribution in [2.45, 2.75) is 39.7 Å². The molecule has 3 nitrogen and oxygen atoms in total. The molecule has 1 aliphatic rings. The highest BCUT2D eigenvalue weighted by Crippen LogP contribution is 2.21. The molecule has 0 aliphatic carbocycles. The van der Waals surface area contributed by atoms with Gasteiger partial charge in [-0.05, 0) is 80.8 Å². The molecule has 146 valence electrons. The Morgan fingerprint density at radius 1 is 1.33 bits per heavy atom. The molecule has 0 N–H and O–H groups in total. The summed E-state index contributed by atoms with van der Waals surface area (Å²) in [7, 11) is 2.21. The number of benzene rings is 1. The van der Waals surface area contributed by atoms with Crippen molar-refractivity contribution in [2.24, 2.45) is 5.92 Å². The Morgan fingerprint density at radius 2 is 2.15 bits per heavy atom. The number of thiophene rings is 1. The van der Waals surface area contributed by atoms with E-state index in [2.05, 4.69) is 59.5 Å². The Hall–Kier alpha value is -1.49. The van der Waals surface area contributed by atoms with Crippen LogP contribution >= 0.6 is 11.3 Å². The van der Waals surface area contributed by atoms with Crippen molar-refractivity contribution in [3.63, 3.8) is 0 Å². The van der Waals surface area contributed by atoms with E-state index < -0.39 is 0 Å². The van der Waals surface area contributed by atoms with Crippen LogP contribution in [0.1, 0.15) is 46.1 Å². The van der Waals surface area contributed by atoms with Gasteiger partial charge in [-0.25, -0.2) is 0 Å². The maximum atomic E-state index is 11.5. The average Bonchev–Trinajstić information content (AvgIpc) is 3.10. The third-order valence-electron chi connectivity index (χ3n) is 5.58. The van der Waals surface area contributed by atoms with Crippen molar-refractivity contribution in [2.75, 3.05) is 33.2 Å². The van der Waals surface area contributed by atoms with Gasteiger partial charge in [-0.3, -0.25) is 4.79 Å². The summed E-state index contributed by atoms with van der Waals surface area (Å²) in [6, 6.07) is 10.8. The molecule has 1 saturated heterocycles. The van der Waals surface area contributed by atoms with Crippen LogP contribution in [0.4, 0.5) is 0 Å². The molecule has 3 rings (SSSR count).